The van der Waals surface area contributed by atoms with Crippen LogP contribution in [0.15, 0.2) is 36.4 Å². The highest BCUT2D eigenvalue weighted by atomic mass is 35.5. The number of aryl methyl sites for hydroxylation is 2. The summed E-state index contributed by atoms with van der Waals surface area (Å²) in [5.74, 6) is -0.0882. The van der Waals surface area contributed by atoms with Gasteiger partial charge in [0.1, 0.15) is 6.04 Å². The number of carbonyl (C=O) groups is 1. The Morgan fingerprint density at radius 3 is 2.46 bits per heavy atom. The molecule has 4 rings (SSSR count). The number of halogens is 1. The molecule has 1 saturated carbocycles. The number of ether oxygens (including phenoxy) is 1. The Morgan fingerprint density at radius 2 is 1.83 bits per heavy atom. The van der Waals surface area contributed by atoms with Crippen molar-refractivity contribution in [2.45, 2.75) is 96.6 Å². The van der Waals surface area contributed by atoms with Gasteiger partial charge in [0, 0.05) is 18.7 Å². The lowest BCUT2D eigenvalue weighted by Gasteiger charge is -2.34. The molecule has 41 heavy (non-hydrogen) atoms. The molecule has 1 aliphatic carbocycles. The zero-order chi connectivity index (χ0) is 29.7. The molecule has 1 N–H and O–H groups in total. The van der Waals surface area contributed by atoms with Gasteiger partial charge in [0.15, 0.2) is 0 Å². The fourth-order valence-corrected chi connectivity index (χ4v) is 7.57. The van der Waals surface area contributed by atoms with Crippen LogP contribution in [0.1, 0.15) is 104 Å². The van der Waals surface area contributed by atoms with E-state index in [2.05, 4.69) is 55.7 Å². The van der Waals surface area contributed by atoms with E-state index in [1.165, 1.54) is 28.7 Å². The number of hydrogen-bond donors (Lipinski definition) is 1. The van der Waals surface area contributed by atoms with Crippen LogP contribution in [0.2, 0.25) is 5.02 Å². The number of benzene rings is 2. The fourth-order valence-electron chi connectivity index (χ4n) is 7.39. The molecule has 2 aliphatic rings. The van der Waals surface area contributed by atoms with Crippen LogP contribution >= 0.6 is 11.6 Å². The van der Waals surface area contributed by atoms with Crippen LogP contribution in [0.5, 0.6) is 0 Å². The molecule has 2 aromatic rings. The first-order valence-corrected chi connectivity index (χ1v) is 15.9. The van der Waals surface area contributed by atoms with Gasteiger partial charge in [0.05, 0.1) is 6.10 Å². The van der Waals surface area contributed by atoms with E-state index in [0.717, 1.165) is 68.7 Å². The van der Waals surface area contributed by atoms with Crippen molar-refractivity contribution in [3.8, 4) is 0 Å². The van der Waals surface area contributed by atoms with Crippen LogP contribution in [-0.4, -0.2) is 67.3 Å². The molecule has 6 heteroatoms. The second kappa shape index (κ2) is 14.0. The van der Waals surface area contributed by atoms with E-state index in [9.17, 15) is 9.90 Å². The average molecular weight is 583 g/mol. The molecule has 0 aromatic heterocycles. The van der Waals surface area contributed by atoms with Crippen LogP contribution in [-0.2, 0) is 9.53 Å². The first-order valence-electron chi connectivity index (χ1n) is 15.5. The van der Waals surface area contributed by atoms with Crippen molar-refractivity contribution in [3.05, 3.63) is 69.2 Å². The third-order valence-electron chi connectivity index (χ3n) is 9.80. The highest BCUT2D eigenvalue weighted by molar-refractivity contribution is 6.30. The molecule has 226 valence electrons. The minimum Gasteiger partial charge on any atom is -0.480 e. The number of methoxy groups -OCH3 is 1. The Bertz CT molecular complexity index is 1170. The summed E-state index contributed by atoms with van der Waals surface area (Å²) in [7, 11) is 3.78. The van der Waals surface area contributed by atoms with Crippen LogP contribution in [0.4, 0.5) is 0 Å². The van der Waals surface area contributed by atoms with Crippen molar-refractivity contribution >= 4 is 17.6 Å². The molecule has 1 heterocycles. The molecule has 5 nitrogen and oxygen atoms in total. The number of likely N-dealkylation sites (tertiary alicyclic amines) is 1. The quantitative estimate of drug-likeness (QED) is 0.275. The molecule has 2 atom stereocenters. The van der Waals surface area contributed by atoms with Gasteiger partial charge in [0.2, 0.25) is 0 Å². The van der Waals surface area contributed by atoms with E-state index in [0.29, 0.717) is 29.9 Å². The van der Waals surface area contributed by atoms with Crippen LogP contribution in [0, 0.1) is 19.3 Å². The maximum absolute atomic E-state index is 12.9. The Kier molecular flexibility index (Phi) is 11.0. The summed E-state index contributed by atoms with van der Waals surface area (Å²) in [5, 5.41) is 11.3. The number of carboxylic acid groups (broad SMARTS) is 1. The van der Waals surface area contributed by atoms with Gasteiger partial charge in [-0.15, -0.1) is 0 Å². The first kappa shape index (κ1) is 32.0. The summed E-state index contributed by atoms with van der Waals surface area (Å²) in [6.07, 6.45) is 7.61. The third kappa shape index (κ3) is 8.13. The number of rotatable bonds is 12. The zero-order valence-corrected chi connectivity index (χ0v) is 26.8. The number of carboxylic acids is 1. The van der Waals surface area contributed by atoms with E-state index in [4.69, 9.17) is 16.3 Å². The van der Waals surface area contributed by atoms with Crippen LogP contribution < -0.4 is 0 Å². The van der Waals surface area contributed by atoms with Crippen molar-refractivity contribution in [3.63, 3.8) is 0 Å². The standard InChI is InChI=1S/C35H51ClN2O3/c1-24-10-13-28(36)22-31(24)26(17-20-38-21-18-35(3,4)23-38)16-19-37(5)33(34(39)40)30-9-7-8-25(2)32(30)27-11-14-29(41-6)15-12-27/h7-10,13,22,26-27,29,33H,11-12,14-21,23H2,1-6H3,(H,39,40)/t26-,27?,29?,33+/m1/s1. The lowest BCUT2D eigenvalue weighted by Crippen LogP contribution is -2.34. The van der Waals surface area contributed by atoms with Gasteiger partial charge in [-0.05, 0) is 143 Å². The molecule has 0 radical (unpaired) electrons. The maximum Gasteiger partial charge on any atom is 0.325 e. The van der Waals surface area contributed by atoms with Crippen molar-refractivity contribution in [2.24, 2.45) is 5.41 Å². The van der Waals surface area contributed by atoms with E-state index < -0.39 is 12.0 Å². The molecule has 0 bridgehead atoms. The predicted molar refractivity (Wildman–Crippen MR) is 169 cm³/mol. The smallest absolute Gasteiger partial charge is 0.325 e. The van der Waals surface area contributed by atoms with Gasteiger partial charge < -0.3 is 14.7 Å². The Hall–Kier alpha value is -1.92. The molecule has 0 spiro atoms. The number of aliphatic carboxylic acids is 1. The van der Waals surface area contributed by atoms with Crippen molar-refractivity contribution < 1.29 is 14.6 Å². The number of likely N-dealkylation sites (N-methyl/N-ethyl adjacent to an activating group) is 1. The van der Waals surface area contributed by atoms with Gasteiger partial charge in [-0.1, -0.05) is 49.7 Å². The Morgan fingerprint density at radius 1 is 1.10 bits per heavy atom. The molecule has 1 saturated heterocycles. The maximum atomic E-state index is 12.9. The first-order chi connectivity index (χ1) is 19.5. The molecule has 1 aliphatic heterocycles. The lowest BCUT2D eigenvalue weighted by atomic mass is 9.77. The molecular formula is C35H51ClN2O3. The summed E-state index contributed by atoms with van der Waals surface area (Å²) < 4.78 is 5.62. The third-order valence-corrected chi connectivity index (χ3v) is 10.0. The molecule has 0 unspecified atom stereocenters. The minimum atomic E-state index is -0.778. The van der Waals surface area contributed by atoms with E-state index in [1.807, 2.05) is 25.2 Å². The molecule has 2 fully saturated rings. The summed E-state index contributed by atoms with van der Waals surface area (Å²) >= 11 is 6.48. The average Bonchev–Trinajstić information content (AvgIpc) is 3.28. The lowest BCUT2D eigenvalue weighted by molar-refractivity contribution is -0.143. The van der Waals surface area contributed by atoms with Gasteiger partial charge in [-0.2, -0.15) is 0 Å². The molecular weight excluding hydrogens is 532 g/mol. The SMILES string of the molecule is COC1CCC(c2c(C)cccc2[C@@H](C(=O)O)N(C)CC[C@H](CCN2CCC(C)(C)C2)c2cc(Cl)ccc2C)CC1. The van der Waals surface area contributed by atoms with Crippen molar-refractivity contribution in [1.82, 2.24) is 9.80 Å². The second-order valence-corrected chi connectivity index (χ2v) is 13.9. The zero-order valence-electron chi connectivity index (χ0n) is 26.1. The van der Waals surface area contributed by atoms with Crippen molar-refractivity contribution in [1.29, 1.82) is 0 Å². The topological polar surface area (TPSA) is 53.0 Å². The van der Waals surface area contributed by atoms with E-state index >= 15 is 0 Å². The van der Waals surface area contributed by atoms with Gasteiger partial charge in [-0.25, -0.2) is 0 Å². The van der Waals surface area contributed by atoms with Gasteiger partial charge in [0.25, 0.3) is 0 Å². The monoisotopic (exact) mass is 582 g/mol. The molecule has 0 amide bonds. The Balaban J connectivity index is 1.53. The van der Waals surface area contributed by atoms with Crippen molar-refractivity contribution in [2.75, 3.05) is 40.3 Å². The predicted octanol–water partition coefficient (Wildman–Crippen LogP) is 7.98. The summed E-state index contributed by atoms with van der Waals surface area (Å²) in [6.45, 7) is 13.1. The highest BCUT2D eigenvalue weighted by Gasteiger charge is 2.33. The molecule has 2 aromatic carbocycles. The number of nitrogens with zero attached hydrogens (tertiary/aromatic N) is 2. The minimum absolute atomic E-state index is 0.315. The Labute approximate surface area is 253 Å². The van der Waals surface area contributed by atoms with Crippen LogP contribution in [0.3, 0.4) is 0 Å². The highest BCUT2D eigenvalue weighted by Crippen LogP contribution is 2.40. The van der Waals surface area contributed by atoms with Crippen LogP contribution in [0.25, 0.3) is 0 Å². The summed E-state index contributed by atoms with van der Waals surface area (Å²) in [5.41, 5.74) is 6.32. The second-order valence-electron chi connectivity index (χ2n) is 13.5. The summed E-state index contributed by atoms with van der Waals surface area (Å²) in [6, 6.07) is 11.7. The largest absolute Gasteiger partial charge is 0.480 e. The van der Waals surface area contributed by atoms with Gasteiger partial charge in [-0.3, -0.25) is 9.69 Å². The van der Waals surface area contributed by atoms with E-state index in [-0.39, 0.29) is 0 Å². The normalized spacial score (nSPS) is 22.6. The van der Waals surface area contributed by atoms with Gasteiger partial charge >= 0.3 is 5.97 Å². The van der Waals surface area contributed by atoms with E-state index in [1.54, 1.807) is 7.11 Å². The fraction of sp³-hybridized carbons (Fsp3) is 0.629. The summed E-state index contributed by atoms with van der Waals surface area (Å²) in [4.78, 5) is 17.5. The number of hydrogen-bond acceptors (Lipinski definition) is 4.